The van der Waals surface area contributed by atoms with Crippen LogP contribution in [0.1, 0.15) is 19.3 Å². The molecular weight excluding hydrogens is 249 g/mol. The van der Waals surface area contributed by atoms with Crippen LogP contribution in [0.5, 0.6) is 5.75 Å². The highest BCUT2D eigenvalue weighted by atomic mass is 19.1. The van der Waals surface area contributed by atoms with Gasteiger partial charge >= 0.3 is 0 Å². The predicted octanol–water partition coefficient (Wildman–Crippen LogP) is 1.48. The molecule has 1 fully saturated rings. The summed E-state index contributed by atoms with van der Waals surface area (Å²) in [4.78, 5) is 11.5. The zero-order valence-corrected chi connectivity index (χ0v) is 10.6. The normalized spacial score (nSPS) is 21.6. The van der Waals surface area contributed by atoms with E-state index in [1.165, 1.54) is 12.1 Å². The first-order valence-corrected chi connectivity index (χ1v) is 6.46. The molecule has 1 aromatic rings. The number of carbonyl (C=O) groups is 1. The SMILES string of the molecule is O=C(CCOc1cccc(F)c1)NCC1CC(O)C1. The Hall–Kier alpha value is -1.62. The molecule has 1 aromatic carbocycles. The molecule has 2 N–H and O–H groups in total. The van der Waals surface area contributed by atoms with Crippen LogP contribution in [0.3, 0.4) is 0 Å². The van der Waals surface area contributed by atoms with Crippen molar-refractivity contribution in [3.8, 4) is 5.75 Å². The van der Waals surface area contributed by atoms with Crippen LogP contribution in [0.2, 0.25) is 0 Å². The van der Waals surface area contributed by atoms with Gasteiger partial charge in [-0.25, -0.2) is 4.39 Å². The number of halogens is 1. The summed E-state index contributed by atoms with van der Waals surface area (Å²) >= 11 is 0. The Bertz CT molecular complexity index is 432. The lowest BCUT2D eigenvalue weighted by Gasteiger charge is -2.31. The Kier molecular flexibility index (Phi) is 4.74. The molecule has 0 bridgehead atoms. The summed E-state index contributed by atoms with van der Waals surface area (Å²) in [5.41, 5.74) is 0. The summed E-state index contributed by atoms with van der Waals surface area (Å²) < 4.78 is 18.1. The largest absolute Gasteiger partial charge is 0.493 e. The fraction of sp³-hybridized carbons (Fsp3) is 0.500. The third-order valence-corrected chi connectivity index (χ3v) is 3.19. The highest BCUT2D eigenvalue weighted by Gasteiger charge is 2.26. The molecule has 19 heavy (non-hydrogen) atoms. The van der Waals surface area contributed by atoms with Gasteiger partial charge in [0.1, 0.15) is 11.6 Å². The molecule has 0 heterocycles. The Balaban J connectivity index is 1.58. The first kappa shape index (κ1) is 13.8. The van der Waals surface area contributed by atoms with Crippen molar-refractivity contribution >= 4 is 5.91 Å². The van der Waals surface area contributed by atoms with Crippen LogP contribution < -0.4 is 10.1 Å². The van der Waals surface area contributed by atoms with Crippen molar-refractivity contribution in [2.75, 3.05) is 13.2 Å². The maximum Gasteiger partial charge on any atom is 0.223 e. The van der Waals surface area contributed by atoms with Crippen molar-refractivity contribution in [2.45, 2.75) is 25.4 Å². The summed E-state index contributed by atoms with van der Waals surface area (Å²) in [5, 5.41) is 11.9. The number of carbonyl (C=O) groups excluding carboxylic acids is 1. The van der Waals surface area contributed by atoms with Gasteiger partial charge in [-0.2, -0.15) is 0 Å². The molecule has 0 unspecified atom stereocenters. The third kappa shape index (κ3) is 4.52. The minimum absolute atomic E-state index is 0.0854. The Morgan fingerprint density at radius 2 is 2.26 bits per heavy atom. The maximum atomic E-state index is 12.9. The van der Waals surface area contributed by atoms with Crippen molar-refractivity contribution in [3.63, 3.8) is 0 Å². The number of ether oxygens (including phenoxy) is 1. The quantitative estimate of drug-likeness (QED) is 0.821. The second-order valence-corrected chi connectivity index (χ2v) is 4.85. The van der Waals surface area contributed by atoms with E-state index in [9.17, 15) is 9.18 Å². The second kappa shape index (κ2) is 6.52. The van der Waals surface area contributed by atoms with Crippen LogP contribution in [0.4, 0.5) is 4.39 Å². The molecule has 104 valence electrons. The van der Waals surface area contributed by atoms with Gasteiger partial charge < -0.3 is 15.2 Å². The van der Waals surface area contributed by atoms with Crippen LogP contribution in [-0.2, 0) is 4.79 Å². The number of aliphatic hydroxyl groups excluding tert-OH is 1. The Labute approximate surface area is 111 Å². The average molecular weight is 267 g/mol. The summed E-state index contributed by atoms with van der Waals surface area (Å²) in [6, 6.07) is 5.84. The fourth-order valence-electron chi connectivity index (χ4n) is 2.03. The van der Waals surface area contributed by atoms with Crippen LogP contribution in [0, 0.1) is 11.7 Å². The number of aliphatic hydroxyl groups is 1. The molecule has 0 aliphatic heterocycles. The summed E-state index contributed by atoms with van der Waals surface area (Å²) in [7, 11) is 0. The van der Waals surface area contributed by atoms with E-state index in [-0.39, 0.29) is 30.9 Å². The van der Waals surface area contributed by atoms with Gasteiger partial charge in [0.05, 0.1) is 19.1 Å². The number of nitrogens with one attached hydrogen (secondary N) is 1. The standard InChI is InChI=1S/C14H18FNO3/c15-11-2-1-3-13(8-11)19-5-4-14(18)16-9-10-6-12(17)7-10/h1-3,8,10,12,17H,4-7,9H2,(H,16,18). The lowest BCUT2D eigenvalue weighted by molar-refractivity contribution is -0.122. The first-order valence-electron chi connectivity index (χ1n) is 6.46. The molecular formula is C14H18FNO3. The van der Waals surface area contributed by atoms with Gasteiger partial charge in [0.15, 0.2) is 0 Å². The highest BCUT2D eigenvalue weighted by Crippen LogP contribution is 2.26. The minimum Gasteiger partial charge on any atom is -0.493 e. The molecule has 0 aromatic heterocycles. The van der Waals surface area contributed by atoms with Crippen LogP contribution in [0.15, 0.2) is 24.3 Å². The van der Waals surface area contributed by atoms with Gasteiger partial charge in [-0.3, -0.25) is 4.79 Å². The lowest BCUT2D eigenvalue weighted by Crippen LogP contribution is -2.38. The van der Waals surface area contributed by atoms with Gasteiger partial charge in [0.25, 0.3) is 0 Å². The molecule has 1 aliphatic rings. The highest BCUT2D eigenvalue weighted by molar-refractivity contribution is 5.75. The smallest absolute Gasteiger partial charge is 0.223 e. The summed E-state index contributed by atoms with van der Waals surface area (Å²) in [6.45, 7) is 0.832. The van der Waals surface area contributed by atoms with Crippen molar-refractivity contribution < 1.29 is 19.0 Å². The van der Waals surface area contributed by atoms with Gasteiger partial charge in [0.2, 0.25) is 5.91 Å². The number of hydrogen-bond acceptors (Lipinski definition) is 3. The molecule has 0 saturated heterocycles. The van der Waals surface area contributed by atoms with E-state index in [2.05, 4.69) is 5.32 Å². The van der Waals surface area contributed by atoms with E-state index in [1.54, 1.807) is 12.1 Å². The van der Waals surface area contributed by atoms with Crippen LogP contribution in [0.25, 0.3) is 0 Å². The van der Waals surface area contributed by atoms with E-state index < -0.39 is 0 Å². The fourth-order valence-corrected chi connectivity index (χ4v) is 2.03. The molecule has 4 nitrogen and oxygen atoms in total. The summed E-state index contributed by atoms with van der Waals surface area (Å²) in [6.07, 6.45) is 1.57. The molecule has 1 aliphatic carbocycles. The molecule has 1 amide bonds. The third-order valence-electron chi connectivity index (χ3n) is 3.19. The van der Waals surface area contributed by atoms with Crippen molar-refractivity contribution in [1.29, 1.82) is 0 Å². The van der Waals surface area contributed by atoms with E-state index >= 15 is 0 Å². The molecule has 0 radical (unpaired) electrons. The van der Waals surface area contributed by atoms with E-state index in [0.717, 1.165) is 12.8 Å². The second-order valence-electron chi connectivity index (χ2n) is 4.85. The number of hydrogen-bond donors (Lipinski definition) is 2. The van der Waals surface area contributed by atoms with Gasteiger partial charge in [-0.05, 0) is 30.9 Å². The predicted molar refractivity (Wildman–Crippen MR) is 68.3 cm³/mol. The lowest BCUT2D eigenvalue weighted by atomic mass is 9.82. The molecule has 0 atom stereocenters. The van der Waals surface area contributed by atoms with Crippen molar-refractivity contribution in [1.82, 2.24) is 5.32 Å². The first-order chi connectivity index (χ1) is 9.13. The molecule has 2 rings (SSSR count). The maximum absolute atomic E-state index is 12.9. The monoisotopic (exact) mass is 267 g/mol. The van der Waals surface area contributed by atoms with Crippen LogP contribution >= 0.6 is 0 Å². The van der Waals surface area contributed by atoms with E-state index in [0.29, 0.717) is 18.2 Å². The van der Waals surface area contributed by atoms with E-state index in [1.807, 2.05) is 0 Å². The number of amides is 1. The topological polar surface area (TPSA) is 58.6 Å². The Morgan fingerprint density at radius 1 is 1.47 bits per heavy atom. The molecule has 0 spiro atoms. The summed E-state index contributed by atoms with van der Waals surface area (Å²) in [5.74, 6) is 0.376. The van der Waals surface area contributed by atoms with Gasteiger partial charge in [0, 0.05) is 12.6 Å². The van der Waals surface area contributed by atoms with Gasteiger partial charge in [-0.1, -0.05) is 6.07 Å². The zero-order valence-electron chi connectivity index (χ0n) is 10.6. The molecule has 1 saturated carbocycles. The van der Waals surface area contributed by atoms with Crippen molar-refractivity contribution in [3.05, 3.63) is 30.1 Å². The average Bonchev–Trinajstić information content (AvgIpc) is 2.33. The van der Waals surface area contributed by atoms with E-state index in [4.69, 9.17) is 9.84 Å². The minimum atomic E-state index is -0.356. The van der Waals surface area contributed by atoms with Crippen LogP contribution in [-0.4, -0.2) is 30.3 Å². The Morgan fingerprint density at radius 3 is 2.95 bits per heavy atom. The molecule has 5 heteroatoms. The number of benzene rings is 1. The van der Waals surface area contributed by atoms with Gasteiger partial charge in [-0.15, -0.1) is 0 Å². The number of rotatable bonds is 6. The van der Waals surface area contributed by atoms with Crippen molar-refractivity contribution in [2.24, 2.45) is 5.92 Å². The zero-order chi connectivity index (χ0) is 13.7.